The van der Waals surface area contributed by atoms with Gasteiger partial charge in [0.25, 0.3) is 0 Å². The quantitative estimate of drug-likeness (QED) is 0.874. The van der Waals surface area contributed by atoms with Gasteiger partial charge in [0.2, 0.25) is 0 Å². The SMILES string of the molecule is C#CCn1c(C2CC2)nc(-c2cc(F)ccc2F)c1N. The van der Waals surface area contributed by atoms with Crippen molar-refractivity contribution in [2.24, 2.45) is 0 Å². The second-order valence-electron chi connectivity index (χ2n) is 4.89. The van der Waals surface area contributed by atoms with Crippen LogP contribution in [0.2, 0.25) is 0 Å². The highest BCUT2D eigenvalue weighted by Gasteiger charge is 2.31. The van der Waals surface area contributed by atoms with E-state index in [2.05, 4.69) is 10.9 Å². The van der Waals surface area contributed by atoms with Crippen LogP contribution in [-0.2, 0) is 6.54 Å². The summed E-state index contributed by atoms with van der Waals surface area (Å²) in [7, 11) is 0. The Balaban J connectivity index is 2.16. The van der Waals surface area contributed by atoms with Crippen molar-refractivity contribution in [3.8, 4) is 23.6 Å². The Labute approximate surface area is 115 Å². The predicted molar refractivity (Wildman–Crippen MR) is 72.8 cm³/mol. The molecule has 0 radical (unpaired) electrons. The van der Waals surface area contributed by atoms with Crippen molar-refractivity contribution in [1.82, 2.24) is 9.55 Å². The van der Waals surface area contributed by atoms with E-state index in [1.807, 2.05) is 0 Å². The molecule has 0 aliphatic heterocycles. The van der Waals surface area contributed by atoms with Gasteiger partial charge in [-0.1, -0.05) is 5.92 Å². The van der Waals surface area contributed by atoms with Crippen molar-refractivity contribution in [2.45, 2.75) is 25.3 Å². The summed E-state index contributed by atoms with van der Waals surface area (Å²) in [5.41, 5.74) is 6.36. The standard InChI is InChI=1S/C15H13F2N3/c1-2-7-20-14(18)13(19-15(20)9-3-4-9)11-8-10(16)5-6-12(11)17/h1,5-6,8-9H,3-4,7,18H2. The summed E-state index contributed by atoms with van der Waals surface area (Å²) in [6, 6.07) is 3.24. The van der Waals surface area contributed by atoms with E-state index in [4.69, 9.17) is 12.2 Å². The summed E-state index contributed by atoms with van der Waals surface area (Å²) in [4.78, 5) is 4.40. The monoisotopic (exact) mass is 273 g/mol. The molecular weight excluding hydrogens is 260 g/mol. The first kappa shape index (κ1) is 12.7. The highest BCUT2D eigenvalue weighted by atomic mass is 19.1. The van der Waals surface area contributed by atoms with Gasteiger partial charge < -0.3 is 10.3 Å². The first-order chi connectivity index (χ1) is 9.61. The molecule has 5 heteroatoms. The normalized spacial score (nSPS) is 14.2. The predicted octanol–water partition coefficient (Wildman–Crippen LogP) is 2.92. The third-order valence-electron chi connectivity index (χ3n) is 3.41. The highest BCUT2D eigenvalue weighted by Crippen LogP contribution is 2.42. The molecule has 0 bridgehead atoms. The lowest BCUT2D eigenvalue weighted by molar-refractivity contribution is 0.603. The van der Waals surface area contributed by atoms with Crippen molar-refractivity contribution in [3.05, 3.63) is 35.7 Å². The lowest BCUT2D eigenvalue weighted by atomic mass is 10.1. The number of benzene rings is 1. The van der Waals surface area contributed by atoms with Gasteiger partial charge >= 0.3 is 0 Å². The van der Waals surface area contributed by atoms with E-state index in [1.165, 1.54) is 0 Å². The van der Waals surface area contributed by atoms with Gasteiger partial charge in [-0.3, -0.25) is 0 Å². The van der Waals surface area contributed by atoms with Crippen molar-refractivity contribution < 1.29 is 8.78 Å². The number of rotatable bonds is 3. The summed E-state index contributed by atoms with van der Waals surface area (Å²) >= 11 is 0. The van der Waals surface area contributed by atoms with Gasteiger partial charge in [-0.15, -0.1) is 6.42 Å². The zero-order valence-corrected chi connectivity index (χ0v) is 10.7. The van der Waals surface area contributed by atoms with Gasteiger partial charge in [0.15, 0.2) is 0 Å². The number of nitrogens with two attached hydrogens (primary N) is 1. The van der Waals surface area contributed by atoms with E-state index in [0.717, 1.165) is 36.9 Å². The molecule has 1 aromatic carbocycles. The van der Waals surface area contributed by atoms with Crippen LogP contribution >= 0.6 is 0 Å². The van der Waals surface area contributed by atoms with Gasteiger partial charge in [0.05, 0.1) is 6.54 Å². The molecule has 1 aliphatic rings. The molecule has 1 aromatic heterocycles. The Bertz CT molecular complexity index is 709. The summed E-state index contributed by atoms with van der Waals surface area (Å²) in [5, 5.41) is 0. The third-order valence-corrected chi connectivity index (χ3v) is 3.41. The second kappa shape index (κ2) is 4.64. The molecule has 1 fully saturated rings. The summed E-state index contributed by atoms with van der Waals surface area (Å²) in [5.74, 6) is 2.80. The van der Waals surface area contributed by atoms with E-state index in [-0.39, 0.29) is 23.6 Å². The molecule has 0 atom stereocenters. The molecule has 2 N–H and O–H groups in total. The average molecular weight is 273 g/mol. The fourth-order valence-electron chi connectivity index (χ4n) is 2.27. The van der Waals surface area contributed by atoms with Crippen molar-refractivity contribution in [2.75, 3.05) is 5.73 Å². The minimum atomic E-state index is -0.550. The van der Waals surface area contributed by atoms with Crippen LogP contribution in [0.25, 0.3) is 11.3 Å². The van der Waals surface area contributed by atoms with Gasteiger partial charge in [-0.05, 0) is 31.0 Å². The molecule has 0 saturated heterocycles. The van der Waals surface area contributed by atoms with Crippen LogP contribution in [0.1, 0.15) is 24.6 Å². The lowest BCUT2D eigenvalue weighted by Gasteiger charge is -2.05. The van der Waals surface area contributed by atoms with Crippen LogP contribution in [0.5, 0.6) is 0 Å². The molecular formula is C15H13F2N3. The maximum atomic E-state index is 13.9. The van der Waals surface area contributed by atoms with E-state index < -0.39 is 11.6 Å². The van der Waals surface area contributed by atoms with E-state index in [0.29, 0.717) is 5.92 Å². The van der Waals surface area contributed by atoms with Crippen LogP contribution in [0.3, 0.4) is 0 Å². The number of terminal acetylenes is 1. The minimum Gasteiger partial charge on any atom is -0.383 e. The molecule has 1 aliphatic carbocycles. The molecule has 1 heterocycles. The Morgan fingerprint density at radius 2 is 2.15 bits per heavy atom. The molecule has 0 spiro atoms. The van der Waals surface area contributed by atoms with Crippen molar-refractivity contribution in [3.63, 3.8) is 0 Å². The molecule has 20 heavy (non-hydrogen) atoms. The van der Waals surface area contributed by atoms with Crippen LogP contribution in [-0.4, -0.2) is 9.55 Å². The molecule has 3 rings (SSSR count). The molecule has 0 unspecified atom stereocenters. The first-order valence-corrected chi connectivity index (χ1v) is 6.36. The number of halogens is 2. The highest BCUT2D eigenvalue weighted by molar-refractivity contribution is 5.72. The minimum absolute atomic E-state index is 0.0696. The summed E-state index contributed by atoms with van der Waals surface area (Å²) < 4.78 is 28.9. The molecule has 0 amide bonds. The average Bonchev–Trinajstić information content (AvgIpc) is 3.21. The topological polar surface area (TPSA) is 43.8 Å². The fraction of sp³-hybridized carbons (Fsp3) is 0.267. The Hall–Kier alpha value is -2.35. The van der Waals surface area contributed by atoms with Crippen LogP contribution in [0.4, 0.5) is 14.6 Å². The van der Waals surface area contributed by atoms with Crippen LogP contribution in [0.15, 0.2) is 18.2 Å². The molecule has 1 saturated carbocycles. The number of hydrogen-bond acceptors (Lipinski definition) is 2. The van der Waals surface area contributed by atoms with E-state index in [1.54, 1.807) is 4.57 Å². The number of nitrogen functional groups attached to an aromatic ring is 1. The summed E-state index contributed by atoms with van der Waals surface area (Å²) in [6.45, 7) is 0.279. The smallest absolute Gasteiger partial charge is 0.132 e. The number of imidazole rings is 1. The Kier molecular flexibility index (Phi) is 2.94. The number of hydrogen-bond donors (Lipinski definition) is 1. The lowest BCUT2D eigenvalue weighted by Crippen LogP contribution is -2.05. The first-order valence-electron chi connectivity index (χ1n) is 6.36. The largest absolute Gasteiger partial charge is 0.383 e. The Morgan fingerprint density at radius 1 is 1.40 bits per heavy atom. The maximum Gasteiger partial charge on any atom is 0.132 e. The zero-order valence-electron chi connectivity index (χ0n) is 10.7. The van der Waals surface area contributed by atoms with Crippen LogP contribution in [0, 0.1) is 24.0 Å². The van der Waals surface area contributed by atoms with Gasteiger partial charge in [-0.2, -0.15) is 0 Å². The molecule has 102 valence electrons. The number of nitrogens with zero attached hydrogens (tertiary/aromatic N) is 2. The van der Waals surface area contributed by atoms with Crippen molar-refractivity contribution in [1.29, 1.82) is 0 Å². The Morgan fingerprint density at radius 3 is 2.80 bits per heavy atom. The number of aromatic nitrogens is 2. The van der Waals surface area contributed by atoms with Gasteiger partial charge in [-0.25, -0.2) is 13.8 Å². The molecule has 2 aromatic rings. The second-order valence-corrected chi connectivity index (χ2v) is 4.89. The number of anilines is 1. The van der Waals surface area contributed by atoms with Crippen molar-refractivity contribution >= 4 is 5.82 Å². The van der Waals surface area contributed by atoms with Gasteiger partial charge in [0, 0.05) is 11.5 Å². The maximum absolute atomic E-state index is 13.9. The zero-order chi connectivity index (χ0) is 14.3. The third kappa shape index (κ3) is 2.03. The molecule has 3 nitrogen and oxygen atoms in total. The fourth-order valence-corrected chi connectivity index (χ4v) is 2.27. The van der Waals surface area contributed by atoms with Crippen LogP contribution < -0.4 is 5.73 Å². The summed E-state index contributed by atoms with van der Waals surface area (Å²) in [6.07, 6.45) is 7.37. The van der Waals surface area contributed by atoms with Gasteiger partial charge in [0.1, 0.15) is 29.0 Å². The van der Waals surface area contributed by atoms with E-state index >= 15 is 0 Å². The van der Waals surface area contributed by atoms with E-state index in [9.17, 15) is 8.78 Å².